The minimum absolute atomic E-state index is 0.0326. The van der Waals surface area contributed by atoms with E-state index >= 15 is 0 Å². The molecule has 2 heterocycles. The smallest absolute Gasteiger partial charge is 0.238 e. The fourth-order valence-electron chi connectivity index (χ4n) is 4.05. The molecule has 1 aromatic carbocycles. The number of hydrogen-bond acceptors (Lipinski definition) is 5. The first-order chi connectivity index (χ1) is 13.5. The number of likely N-dealkylation sites (tertiary alicyclic amines) is 1. The molecule has 7 heteroatoms. The van der Waals surface area contributed by atoms with Gasteiger partial charge in [-0.25, -0.2) is 0 Å². The Morgan fingerprint density at radius 1 is 1.29 bits per heavy atom. The summed E-state index contributed by atoms with van der Waals surface area (Å²) in [5.41, 5.74) is 1.78. The zero-order valence-electron chi connectivity index (χ0n) is 16.9. The van der Waals surface area contributed by atoms with Gasteiger partial charge in [-0.05, 0) is 69.3 Å². The summed E-state index contributed by atoms with van der Waals surface area (Å²) in [6.07, 6.45) is 4.12. The molecule has 0 aromatic heterocycles. The number of anilines is 1. The number of hydrogen-bond donors (Lipinski definition) is 3. The number of rotatable bonds is 7. The topological polar surface area (TPSA) is 82.7 Å². The molecule has 28 heavy (non-hydrogen) atoms. The molecule has 154 valence electrons. The van der Waals surface area contributed by atoms with Crippen molar-refractivity contribution in [3.05, 3.63) is 23.8 Å². The zero-order chi connectivity index (χ0) is 19.9. The van der Waals surface area contributed by atoms with E-state index in [1.807, 2.05) is 25.1 Å². The molecular formula is C21H32N4O3. The van der Waals surface area contributed by atoms with Crippen LogP contribution in [-0.4, -0.2) is 62.6 Å². The number of carbonyl (C=O) groups is 2. The molecule has 3 N–H and O–H groups in total. The summed E-state index contributed by atoms with van der Waals surface area (Å²) >= 11 is 0. The molecule has 2 saturated heterocycles. The number of piperidine rings is 1. The Hall–Kier alpha value is -2.12. The molecule has 2 amide bonds. The van der Waals surface area contributed by atoms with Gasteiger partial charge in [0.1, 0.15) is 5.75 Å². The molecule has 0 saturated carbocycles. The number of amides is 2. The highest BCUT2D eigenvalue weighted by atomic mass is 16.5. The summed E-state index contributed by atoms with van der Waals surface area (Å²) < 4.78 is 5.33. The maximum absolute atomic E-state index is 12.5. The molecular weight excluding hydrogens is 356 g/mol. The number of nitrogens with one attached hydrogen (secondary N) is 3. The summed E-state index contributed by atoms with van der Waals surface area (Å²) in [7, 11) is 1.60. The highest BCUT2D eigenvalue weighted by molar-refractivity contribution is 5.93. The molecule has 3 rings (SSSR count). The highest BCUT2D eigenvalue weighted by Crippen LogP contribution is 2.25. The molecule has 0 radical (unpaired) electrons. The summed E-state index contributed by atoms with van der Waals surface area (Å²) in [5.74, 6) is 1.13. The largest absolute Gasteiger partial charge is 0.495 e. The van der Waals surface area contributed by atoms with Crippen LogP contribution in [-0.2, 0) is 9.59 Å². The number of nitrogens with zero attached hydrogens (tertiary/aromatic N) is 1. The second kappa shape index (κ2) is 9.89. The van der Waals surface area contributed by atoms with Gasteiger partial charge in [-0.3, -0.25) is 14.5 Å². The molecule has 2 atom stereocenters. The quantitative estimate of drug-likeness (QED) is 0.660. The van der Waals surface area contributed by atoms with E-state index in [-0.39, 0.29) is 17.9 Å². The van der Waals surface area contributed by atoms with E-state index in [4.69, 9.17) is 4.74 Å². The summed E-state index contributed by atoms with van der Waals surface area (Å²) in [5, 5.41) is 9.28. The number of benzene rings is 1. The molecule has 0 bridgehead atoms. The molecule has 2 aliphatic rings. The Morgan fingerprint density at radius 3 is 2.89 bits per heavy atom. The number of aryl methyl sites for hydroxylation is 1. The number of ether oxygens (including phenoxy) is 1. The lowest BCUT2D eigenvalue weighted by Gasteiger charge is -2.32. The van der Waals surface area contributed by atoms with Gasteiger partial charge in [-0.2, -0.15) is 0 Å². The average Bonchev–Trinajstić information content (AvgIpc) is 3.21. The third-order valence-corrected chi connectivity index (χ3v) is 5.54. The maximum Gasteiger partial charge on any atom is 0.238 e. The fourth-order valence-corrected chi connectivity index (χ4v) is 4.05. The molecule has 0 spiro atoms. The Labute approximate surface area is 167 Å². The molecule has 1 aromatic rings. The molecule has 0 aliphatic carbocycles. The predicted molar refractivity (Wildman–Crippen MR) is 110 cm³/mol. The zero-order valence-corrected chi connectivity index (χ0v) is 16.9. The Kier molecular flexibility index (Phi) is 7.28. The molecule has 2 aliphatic heterocycles. The first-order valence-corrected chi connectivity index (χ1v) is 10.2. The van der Waals surface area contributed by atoms with Crippen molar-refractivity contribution in [3.8, 4) is 5.75 Å². The minimum Gasteiger partial charge on any atom is -0.495 e. The molecule has 7 nitrogen and oxygen atoms in total. The second-order valence-corrected chi connectivity index (χ2v) is 7.89. The van der Waals surface area contributed by atoms with Crippen molar-refractivity contribution in [1.29, 1.82) is 0 Å². The fraction of sp³-hybridized carbons (Fsp3) is 0.619. The van der Waals surface area contributed by atoms with Crippen LogP contribution in [0, 0.1) is 12.8 Å². The van der Waals surface area contributed by atoms with Crippen molar-refractivity contribution >= 4 is 17.5 Å². The average molecular weight is 389 g/mol. The monoisotopic (exact) mass is 388 g/mol. The van der Waals surface area contributed by atoms with Crippen LogP contribution >= 0.6 is 0 Å². The van der Waals surface area contributed by atoms with E-state index in [1.54, 1.807) is 7.11 Å². The van der Waals surface area contributed by atoms with Crippen molar-refractivity contribution in [3.63, 3.8) is 0 Å². The predicted octanol–water partition coefficient (Wildman–Crippen LogP) is 1.52. The Balaban J connectivity index is 1.45. The van der Waals surface area contributed by atoms with Gasteiger partial charge in [0.15, 0.2) is 0 Å². The summed E-state index contributed by atoms with van der Waals surface area (Å²) in [4.78, 5) is 26.9. The van der Waals surface area contributed by atoms with Crippen LogP contribution in [0.15, 0.2) is 18.2 Å². The summed E-state index contributed by atoms with van der Waals surface area (Å²) in [6, 6.07) is 5.71. The van der Waals surface area contributed by atoms with Gasteiger partial charge in [0.25, 0.3) is 0 Å². The lowest BCUT2D eigenvalue weighted by molar-refractivity contribution is -0.123. The van der Waals surface area contributed by atoms with Crippen LogP contribution in [0.1, 0.15) is 31.2 Å². The standard InChI is InChI=1S/C21H32N4O3/c1-15-7-8-19(28-2)18(11-15)24-20(26)14-25-10-4-5-16(13-25)12-23-21(27)17-6-3-9-22-17/h7-8,11,16-17,22H,3-6,9-10,12-14H2,1-2H3,(H,23,27)(H,24,26). The maximum atomic E-state index is 12.5. The van der Waals surface area contributed by atoms with Gasteiger partial charge in [0.2, 0.25) is 11.8 Å². The van der Waals surface area contributed by atoms with Gasteiger partial charge in [0.05, 0.1) is 25.4 Å². The lowest BCUT2D eigenvalue weighted by atomic mass is 9.98. The SMILES string of the molecule is COc1ccc(C)cc1NC(=O)CN1CCCC(CNC(=O)C2CCCN2)C1. The van der Waals surface area contributed by atoms with Gasteiger partial charge >= 0.3 is 0 Å². The van der Waals surface area contributed by atoms with Crippen molar-refractivity contribution in [2.75, 3.05) is 45.2 Å². The van der Waals surface area contributed by atoms with E-state index in [9.17, 15) is 9.59 Å². The van der Waals surface area contributed by atoms with Crippen molar-refractivity contribution in [2.24, 2.45) is 5.92 Å². The van der Waals surface area contributed by atoms with Gasteiger partial charge < -0.3 is 20.7 Å². The molecule has 2 fully saturated rings. The first kappa shape index (κ1) is 20.6. The van der Waals surface area contributed by atoms with Crippen LogP contribution in [0.5, 0.6) is 5.75 Å². The Morgan fingerprint density at radius 2 is 2.14 bits per heavy atom. The highest BCUT2D eigenvalue weighted by Gasteiger charge is 2.25. The van der Waals surface area contributed by atoms with Gasteiger partial charge in [-0.15, -0.1) is 0 Å². The second-order valence-electron chi connectivity index (χ2n) is 7.89. The lowest BCUT2D eigenvalue weighted by Crippen LogP contribution is -2.46. The number of carbonyl (C=O) groups excluding carboxylic acids is 2. The van der Waals surface area contributed by atoms with Crippen molar-refractivity contribution < 1.29 is 14.3 Å². The van der Waals surface area contributed by atoms with E-state index < -0.39 is 0 Å². The minimum atomic E-state index is -0.0382. The first-order valence-electron chi connectivity index (χ1n) is 10.2. The normalized spacial score (nSPS) is 22.6. The van der Waals surface area contributed by atoms with Gasteiger partial charge in [-0.1, -0.05) is 6.07 Å². The van der Waals surface area contributed by atoms with Crippen LogP contribution in [0.4, 0.5) is 5.69 Å². The van der Waals surface area contributed by atoms with E-state index in [1.165, 1.54) is 0 Å². The van der Waals surface area contributed by atoms with Crippen LogP contribution in [0.25, 0.3) is 0 Å². The summed E-state index contributed by atoms with van der Waals surface area (Å²) in [6.45, 7) is 5.69. The van der Waals surface area contributed by atoms with E-state index in [0.29, 0.717) is 30.4 Å². The van der Waals surface area contributed by atoms with Crippen LogP contribution in [0.3, 0.4) is 0 Å². The third kappa shape index (κ3) is 5.69. The Bertz CT molecular complexity index is 688. The van der Waals surface area contributed by atoms with E-state index in [2.05, 4.69) is 20.9 Å². The van der Waals surface area contributed by atoms with Crippen molar-refractivity contribution in [1.82, 2.24) is 15.5 Å². The third-order valence-electron chi connectivity index (χ3n) is 5.54. The number of methoxy groups -OCH3 is 1. The van der Waals surface area contributed by atoms with Crippen LogP contribution < -0.4 is 20.7 Å². The van der Waals surface area contributed by atoms with E-state index in [0.717, 1.165) is 50.9 Å². The van der Waals surface area contributed by atoms with Crippen molar-refractivity contribution in [2.45, 2.75) is 38.6 Å². The van der Waals surface area contributed by atoms with Gasteiger partial charge in [0, 0.05) is 13.1 Å². The van der Waals surface area contributed by atoms with Crippen LogP contribution in [0.2, 0.25) is 0 Å². The molecule has 2 unspecified atom stereocenters.